The van der Waals surface area contributed by atoms with Crippen molar-refractivity contribution in [2.75, 3.05) is 27.2 Å². The highest BCUT2D eigenvalue weighted by molar-refractivity contribution is 6.58. The summed E-state index contributed by atoms with van der Waals surface area (Å²) in [5, 5.41) is 0. The summed E-state index contributed by atoms with van der Waals surface area (Å²) in [7, 11) is 2.97. The highest BCUT2D eigenvalue weighted by Gasteiger charge is 2.14. The van der Waals surface area contributed by atoms with Gasteiger partial charge in [0.15, 0.2) is 0 Å². The van der Waals surface area contributed by atoms with Crippen molar-refractivity contribution in [2.45, 2.75) is 26.6 Å². The molecule has 0 bridgehead atoms. The molecule has 0 aliphatic carbocycles. The van der Waals surface area contributed by atoms with Crippen LogP contribution in [-0.4, -0.2) is 51.0 Å². The number of allylic oxidation sites excluding steroid dienone is 5. The first-order valence-electron chi connectivity index (χ1n) is 7.44. The maximum absolute atomic E-state index is 11.7. The number of hydrogen-bond acceptors (Lipinski definition) is 5. The molecule has 0 aromatic rings. The van der Waals surface area contributed by atoms with E-state index in [4.69, 9.17) is 4.65 Å². The third kappa shape index (κ3) is 12.0. The Morgan fingerprint density at radius 2 is 1.73 bits per heavy atom. The van der Waals surface area contributed by atoms with Crippen LogP contribution < -0.4 is 0 Å². The molecule has 122 valence electrons. The number of ether oxygens (including phenoxy) is 1. The van der Waals surface area contributed by atoms with E-state index in [1.54, 1.807) is 24.7 Å². The minimum absolute atomic E-state index is 0.0445. The minimum Gasteiger partial charge on any atom is -0.531 e. The lowest BCUT2D eigenvalue weighted by atomic mass is 9.71. The van der Waals surface area contributed by atoms with E-state index in [-0.39, 0.29) is 31.9 Å². The summed E-state index contributed by atoms with van der Waals surface area (Å²) in [5.74, 6) is 1.03. The summed E-state index contributed by atoms with van der Waals surface area (Å²) in [6.07, 6.45) is 12.0. The molecule has 0 aliphatic rings. The zero-order chi connectivity index (χ0) is 16.8. The molecule has 0 aromatic heterocycles. The number of methoxy groups -OCH3 is 1. The minimum atomic E-state index is -0.385. The van der Waals surface area contributed by atoms with E-state index >= 15 is 0 Å². The Labute approximate surface area is 133 Å². The molecule has 22 heavy (non-hydrogen) atoms. The molecule has 0 amide bonds. The molecule has 0 heterocycles. The number of carbonyl (C=O) groups is 2. The van der Waals surface area contributed by atoms with Crippen molar-refractivity contribution < 1.29 is 19.0 Å². The zero-order valence-corrected chi connectivity index (χ0v) is 14.0. The smallest absolute Gasteiger partial charge is 0.384 e. The monoisotopic (exact) mass is 307 g/mol. The third-order valence-electron chi connectivity index (χ3n) is 2.65. The van der Waals surface area contributed by atoms with Gasteiger partial charge in [0, 0.05) is 0 Å². The molecular formula is C16H26BNO4. The van der Waals surface area contributed by atoms with Gasteiger partial charge in [-0.15, -0.1) is 0 Å². The number of nitrogens with zero attached hydrogens (tertiary/aromatic N) is 1. The number of rotatable bonds is 10. The maximum Gasteiger partial charge on any atom is 0.384 e. The average Bonchev–Trinajstić information content (AvgIpc) is 2.45. The first kappa shape index (κ1) is 20.2. The molecule has 0 saturated carbocycles. The fourth-order valence-electron chi connectivity index (χ4n) is 1.54. The van der Waals surface area contributed by atoms with Crippen molar-refractivity contribution in [3.8, 4) is 0 Å². The summed E-state index contributed by atoms with van der Waals surface area (Å²) in [6, 6.07) is 0. The summed E-state index contributed by atoms with van der Waals surface area (Å²) >= 11 is 0. The SMILES string of the molecule is CCC\C=C/C=C/C=C\B(C)OC(=O)CN(C)CC(=O)OC. The van der Waals surface area contributed by atoms with Gasteiger partial charge in [-0.3, -0.25) is 14.5 Å². The Bertz CT molecular complexity index is 418. The van der Waals surface area contributed by atoms with Crippen LogP contribution in [0.4, 0.5) is 0 Å². The average molecular weight is 307 g/mol. The van der Waals surface area contributed by atoms with Crippen LogP contribution in [0.2, 0.25) is 6.82 Å². The Balaban J connectivity index is 4.01. The van der Waals surface area contributed by atoms with E-state index in [1.807, 2.05) is 24.3 Å². The van der Waals surface area contributed by atoms with Gasteiger partial charge in [0.05, 0.1) is 20.2 Å². The number of unbranched alkanes of at least 4 members (excludes halogenated alkanes) is 1. The van der Waals surface area contributed by atoms with Crippen molar-refractivity contribution in [1.29, 1.82) is 0 Å². The molecule has 0 radical (unpaired) electrons. The van der Waals surface area contributed by atoms with E-state index in [1.165, 1.54) is 7.11 Å². The topological polar surface area (TPSA) is 55.8 Å². The molecule has 0 saturated heterocycles. The fraction of sp³-hybridized carbons (Fsp3) is 0.500. The van der Waals surface area contributed by atoms with Crippen LogP contribution in [0.15, 0.2) is 36.4 Å². The van der Waals surface area contributed by atoms with Crippen molar-refractivity contribution in [1.82, 2.24) is 4.90 Å². The molecule has 0 N–H and O–H groups in total. The van der Waals surface area contributed by atoms with Gasteiger partial charge < -0.3 is 9.39 Å². The summed E-state index contributed by atoms with van der Waals surface area (Å²) in [4.78, 5) is 24.3. The van der Waals surface area contributed by atoms with Gasteiger partial charge in [-0.1, -0.05) is 49.7 Å². The molecule has 0 atom stereocenters. The maximum atomic E-state index is 11.7. The Hall–Kier alpha value is -1.82. The number of likely N-dealkylation sites (N-methyl/N-ethyl adjacent to an activating group) is 1. The highest BCUT2D eigenvalue weighted by Crippen LogP contribution is 1.94. The number of carbonyl (C=O) groups excluding carboxylic acids is 2. The second-order valence-corrected chi connectivity index (χ2v) is 4.93. The molecule has 0 rings (SSSR count). The second kappa shape index (κ2) is 12.9. The van der Waals surface area contributed by atoms with E-state index in [2.05, 4.69) is 17.7 Å². The van der Waals surface area contributed by atoms with Crippen LogP contribution in [0.1, 0.15) is 19.8 Å². The van der Waals surface area contributed by atoms with Crippen LogP contribution in [0.25, 0.3) is 0 Å². The van der Waals surface area contributed by atoms with Crippen LogP contribution in [0.5, 0.6) is 0 Å². The largest absolute Gasteiger partial charge is 0.531 e. The summed E-state index contributed by atoms with van der Waals surface area (Å²) in [5.41, 5.74) is 0. The van der Waals surface area contributed by atoms with E-state index in [0.717, 1.165) is 12.8 Å². The van der Waals surface area contributed by atoms with Gasteiger partial charge in [0.2, 0.25) is 0 Å². The fourth-order valence-corrected chi connectivity index (χ4v) is 1.54. The Kier molecular flexibility index (Phi) is 11.8. The number of esters is 1. The van der Waals surface area contributed by atoms with Gasteiger partial charge in [-0.25, -0.2) is 0 Å². The molecule has 0 fully saturated rings. The Morgan fingerprint density at radius 1 is 1.09 bits per heavy atom. The van der Waals surface area contributed by atoms with Crippen molar-refractivity contribution in [3.63, 3.8) is 0 Å². The van der Waals surface area contributed by atoms with Crippen molar-refractivity contribution in [3.05, 3.63) is 36.4 Å². The number of hydrogen-bond donors (Lipinski definition) is 0. The van der Waals surface area contributed by atoms with Crippen LogP contribution in [0, 0.1) is 0 Å². The molecular weight excluding hydrogens is 281 g/mol. The third-order valence-corrected chi connectivity index (χ3v) is 2.65. The predicted octanol–water partition coefficient (Wildman–Crippen LogP) is 2.26. The van der Waals surface area contributed by atoms with Crippen molar-refractivity contribution in [2.24, 2.45) is 0 Å². The van der Waals surface area contributed by atoms with Crippen LogP contribution in [0.3, 0.4) is 0 Å². The molecule has 0 aromatic carbocycles. The first-order valence-corrected chi connectivity index (χ1v) is 7.44. The van der Waals surface area contributed by atoms with Crippen LogP contribution >= 0.6 is 0 Å². The summed E-state index contributed by atoms with van der Waals surface area (Å²) in [6.45, 7) is 3.71. The summed E-state index contributed by atoms with van der Waals surface area (Å²) < 4.78 is 9.74. The lowest BCUT2D eigenvalue weighted by molar-refractivity contribution is -0.142. The normalized spacial score (nSPS) is 11.7. The second-order valence-electron chi connectivity index (χ2n) is 4.93. The van der Waals surface area contributed by atoms with E-state index in [0.29, 0.717) is 0 Å². The van der Waals surface area contributed by atoms with Gasteiger partial charge >= 0.3 is 18.9 Å². The molecule has 0 unspecified atom stereocenters. The molecule has 5 nitrogen and oxygen atoms in total. The molecule has 0 aliphatic heterocycles. The van der Waals surface area contributed by atoms with Gasteiger partial charge in [0.25, 0.3) is 0 Å². The van der Waals surface area contributed by atoms with Crippen LogP contribution in [-0.2, 0) is 19.0 Å². The predicted molar refractivity (Wildman–Crippen MR) is 89.6 cm³/mol. The Morgan fingerprint density at radius 3 is 2.36 bits per heavy atom. The standard InChI is InChI=1S/C16H26BNO4/c1-5-6-7-8-9-10-11-12-17(2)22-16(20)14-18(3)13-15(19)21-4/h7-12H,5-6,13-14H2,1-4H3/b8-7-,10-9+,12-11-. The first-order chi connectivity index (χ1) is 10.5. The van der Waals surface area contributed by atoms with Gasteiger partial charge in [-0.2, -0.15) is 0 Å². The zero-order valence-electron chi connectivity index (χ0n) is 14.0. The quantitative estimate of drug-likeness (QED) is 0.352. The molecule has 6 heteroatoms. The van der Waals surface area contributed by atoms with E-state index in [9.17, 15) is 9.59 Å². The highest BCUT2D eigenvalue weighted by atomic mass is 16.5. The lowest BCUT2D eigenvalue weighted by Gasteiger charge is -2.15. The van der Waals surface area contributed by atoms with Gasteiger partial charge in [0.1, 0.15) is 0 Å². The van der Waals surface area contributed by atoms with Crippen molar-refractivity contribution >= 4 is 18.9 Å². The van der Waals surface area contributed by atoms with E-state index < -0.39 is 0 Å². The van der Waals surface area contributed by atoms with Gasteiger partial charge in [-0.05, 0) is 20.3 Å². The molecule has 0 spiro atoms. The lowest BCUT2D eigenvalue weighted by Crippen LogP contribution is -2.34.